The van der Waals surface area contributed by atoms with Gasteiger partial charge in [0, 0.05) is 5.69 Å². The van der Waals surface area contributed by atoms with Crippen molar-refractivity contribution in [1.29, 1.82) is 0 Å². The van der Waals surface area contributed by atoms with Crippen LogP contribution < -0.4 is 5.32 Å². The number of aliphatic carboxylic acids is 1. The second kappa shape index (κ2) is 6.21. The van der Waals surface area contributed by atoms with E-state index in [2.05, 4.69) is 5.32 Å². The Hall–Kier alpha value is -2.33. The third-order valence-corrected chi connectivity index (χ3v) is 3.06. The lowest BCUT2D eigenvalue weighted by Crippen LogP contribution is -2.14. The van der Waals surface area contributed by atoms with Gasteiger partial charge in [-0.1, -0.05) is 41.9 Å². The summed E-state index contributed by atoms with van der Waals surface area (Å²) in [5.41, 5.74) is 1.36. The van der Waals surface area contributed by atoms with Crippen molar-refractivity contribution < 1.29 is 14.7 Å². The number of amides is 1. The second-order valence-electron chi connectivity index (χ2n) is 4.16. The number of hydrogen-bond donors (Lipinski definition) is 2. The molecule has 2 rings (SSSR count). The molecule has 102 valence electrons. The molecule has 0 saturated carbocycles. The zero-order chi connectivity index (χ0) is 14.5. The highest BCUT2D eigenvalue weighted by atomic mass is 35.5. The van der Waals surface area contributed by atoms with Gasteiger partial charge in [0.25, 0.3) is 5.91 Å². The lowest BCUT2D eigenvalue weighted by atomic mass is 10.1. The Morgan fingerprint density at radius 2 is 1.70 bits per heavy atom. The van der Waals surface area contributed by atoms with Crippen LogP contribution in [-0.4, -0.2) is 17.0 Å². The zero-order valence-corrected chi connectivity index (χ0v) is 11.2. The average molecular weight is 290 g/mol. The molecular weight excluding hydrogens is 278 g/mol. The first-order chi connectivity index (χ1) is 9.58. The van der Waals surface area contributed by atoms with Gasteiger partial charge in [-0.05, 0) is 23.8 Å². The first-order valence-corrected chi connectivity index (χ1v) is 6.31. The summed E-state index contributed by atoms with van der Waals surface area (Å²) in [5, 5.41) is 11.9. The number of para-hydroxylation sites is 1. The van der Waals surface area contributed by atoms with Crippen molar-refractivity contribution in [3.63, 3.8) is 0 Å². The van der Waals surface area contributed by atoms with Crippen LogP contribution in [0.3, 0.4) is 0 Å². The quantitative estimate of drug-likeness (QED) is 0.908. The smallest absolute Gasteiger partial charge is 0.307 e. The number of carboxylic acids is 1. The Labute approximate surface area is 121 Å². The van der Waals surface area contributed by atoms with E-state index in [4.69, 9.17) is 16.7 Å². The van der Waals surface area contributed by atoms with Crippen LogP contribution in [0.1, 0.15) is 15.9 Å². The van der Waals surface area contributed by atoms with Gasteiger partial charge in [-0.2, -0.15) is 0 Å². The van der Waals surface area contributed by atoms with Crippen LogP contribution in [0.5, 0.6) is 0 Å². The molecule has 1 amide bonds. The van der Waals surface area contributed by atoms with Crippen LogP contribution in [0, 0.1) is 0 Å². The number of hydrogen-bond acceptors (Lipinski definition) is 2. The summed E-state index contributed by atoms with van der Waals surface area (Å²) in [7, 11) is 0. The fraction of sp³-hybridized carbons (Fsp3) is 0.0667. The van der Waals surface area contributed by atoms with Gasteiger partial charge in [0.15, 0.2) is 0 Å². The molecule has 0 heterocycles. The van der Waals surface area contributed by atoms with E-state index in [-0.39, 0.29) is 12.3 Å². The molecule has 5 heteroatoms. The van der Waals surface area contributed by atoms with Gasteiger partial charge >= 0.3 is 5.97 Å². The summed E-state index contributed by atoms with van der Waals surface area (Å²) in [6.07, 6.45) is -0.154. The van der Waals surface area contributed by atoms with Crippen LogP contribution in [0.15, 0.2) is 48.5 Å². The van der Waals surface area contributed by atoms with Gasteiger partial charge in [0.1, 0.15) is 0 Å². The average Bonchev–Trinajstić information content (AvgIpc) is 2.41. The Kier molecular flexibility index (Phi) is 4.38. The molecule has 0 unspecified atom stereocenters. The molecule has 20 heavy (non-hydrogen) atoms. The first-order valence-electron chi connectivity index (χ1n) is 5.93. The number of carboxylic acid groups (broad SMARTS) is 1. The summed E-state index contributed by atoms with van der Waals surface area (Å²) >= 11 is 5.95. The van der Waals surface area contributed by atoms with E-state index in [0.29, 0.717) is 21.8 Å². The molecule has 0 aliphatic rings. The van der Waals surface area contributed by atoms with E-state index in [1.165, 1.54) is 0 Å². The van der Waals surface area contributed by atoms with Gasteiger partial charge in [-0.15, -0.1) is 0 Å². The van der Waals surface area contributed by atoms with E-state index >= 15 is 0 Å². The van der Waals surface area contributed by atoms with Crippen LogP contribution in [0.4, 0.5) is 5.69 Å². The van der Waals surface area contributed by atoms with Crippen molar-refractivity contribution >= 4 is 29.2 Å². The Balaban J connectivity index is 2.24. The third kappa shape index (κ3) is 3.36. The van der Waals surface area contributed by atoms with Crippen molar-refractivity contribution in [2.45, 2.75) is 6.42 Å². The van der Waals surface area contributed by atoms with Crippen LogP contribution in [0.2, 0.25) is 5.02 Å². The number of benzene rings is 2. The highest BCUT2D eigenvalue weighted by Crippen LogP contribution is 2.20. The molecule has 0 aliphatic carbocycles. The predicted molar refractivity (Wildman–Crippen MR) is 77.2 cm³/mol. The Morgan fingerprint density at radius 3 is 2.40 bits per heavy atom. The van der Waals surface area contributed by atoms with Crippen molar-refractivity contribution in [2.24, 2.45) is 0 Å². The number of carbonyl (C=O) groups excluding carboxylic acids is 1. The van der Waals surface area contributed by atoms with E-state index in [9.17, 15) is 9.59 Å². The van der Waals surface area contributed by atoms with Crippen molar-refractivity contribution in [3.05, 3.63) is 64.7 Å². The summed E-state index contributed by atoms with van der Waals surface area (Å²) in [5.74, 6) is -1.32. The number of carbonyl (C=O) groups is 2. The Bertz CT molecular complexity index is 655. The third-order valence-electron chi connectivity index (χ3n) is 2.73. The van der Waals surface area contributed by atoms with Gasteiger partial charge in [0.05, 0.1) is 17.0 Å². The van der Waals surface area contributed by atoms with E-state index in [1.54, 1.807) is 48.5 Å². The van der Waals surface area contributed by atoms with Gasteiger partial charge < -0.3 is 10.4 Å². The van der Waals surface area contributed by atoms with Crippen LogP contribution in [-0.2, 0) is 11.2 Å². The zero-order valence-electron chi connectivity index (χ0n) is 10.5. The molecule has 0 fully saturated rings. The molecule has 4 nitrogen and oxygen atoms in total. The van der Waals surface area contributed by atoms with Crippen LogP contribution in [0.25, 0.3) is 0 Å². The highest BCUT2D eigenvalue weighted by molar-refractivity contribution is 6.34. The molecule has 2 aromatic rings. The highest BCUT2D eigenvalue weighted by Gasteiger charge is 2.12. The molecule has 0 spiro atoms. The van der Waals surface area contributed by atoms with E-state index in [1.807, 2.05) is 0 Å². The number of anilines is 1. The SMILES string of the molecule is O=C(O)Cc1ccccc1NC(=O)c1ccccc1Cl. The lowest BCUT2D eigenvalue weighted by molar-refractivity contribution is -0.136. The van der Waals surface area contributed by atoms with Crippen molar-refractivity contribution in [1.82, 2.24) is 0 Å². The predicted octanol–water partition coefficient (Wildman–Crippen LogP) is 3.22. The molecule has 0 aliphatic heterocycles. The fourth-order valence-corrected chi connectivity index (χ4v) is 2.02. The summed E-state index contributed by atoms with van der Waals surface area (Å²) in [6, 6.07) is 13.5. The van der Waals surface area contributed by atoms with Gasteiger partial charge in [-0.3, -0.25) is 9.59 Å². The fourth-order valence-electron chi connectivity index (χ4n) is 1.79. The first kappa shape index (κ1) is 14.1. The standard InChI is InChI=1S/C15H12ClNO3/c16-12-7-3-2-6-11(12)15(20)17-13-8-4-1-5-10(13)9-14(18)19/h1-8H,9H2,(H,17,20)(H,18,19). The normalized spacial score (nSPS) is 10.1. The monoisotopic (exact) mass is 289 g/mol. The summed E-state index contributed by atoms with van der Waals surface area (Å²) in [4.78, 5) is 22.9. The second-order valence-corrected chi connectivity index (χ2v) is 4.57. The van der Waals surface area contributed by atoms with Gasteiger partial charge in [-0.25, -0.2) is 0 Å². The van der Waals surface area contributed by atoms with Crippen molar-refractivity contribution in [2.75, 3.05) is 5.32 Å². The Morgan fingerprint density at radius 1 is 1.05 bits per heavy atom. The summed E-state index contributed by atoms with van der Waals surface area (Å²) < 4.78 is 0. The molecular formula is C15H12ClNO3. The number of rotatable bonds is 4. The van der Waals surface area contributed by atoms with Gasteiger partial charge in [0.2, 0.25) is 0 Å². The minimum Gasteiger partial charge on any atom is -0.481 e. The topological polar surface area (TPSA) is 66.4 Å². The minimum absolute atomic E-state index is 0.154. The molecule has 0 radical (unpaired) electrons. The molecule has 0 atom stereocenters. The van der Waals surface area contributed by atoms with E-state index < -0.39 is 5.97 Å². The lowest BCUT2D eigenvalue weighted by Gasteiger charge is -2.10. The van der Waals surface area contributed by atoms with Crippen molar-refractivity contribution in [3.8, 4) is 0 Å². The summed E-state index contributed by atoms with van der Waals surface area (Å²) in [6.45, 7) is 0. The maximum Gasteiger partial charge on any atom is 0.307 e. The number of nitrogens with one attached hydrogen (secondary N) is 1. The molecule has 0 aromatic heterocycles. The molecule has 2 N–H and O–H groups in total. The van der Waals surface area contributed by atoms with Crippen LogP contribution >= 0.6 is 11.6 Å². The maximum absolute atomic E-state index is 12.1. The molecule has 0 saturated heterocycles. The number of halogens is 1. The molecule has 2 aromatic carbocycles. The maximum atomic E-state index is 12.1. The minimum atomic E-state index is -0.954. The van der Waals surface area contributed by atoms with E-state index in [0.717, 1.165) is 0 Å². The molecule has 0 bridgehead atoms. The largest absolute Gasteiger partial charge is 0.481 e.